The van der Waals surface area contributed by atoms with Crippen molar-refractivity contribution in [3.8, 4) is 0 Å². The maximum Gasteiger partial charge on any atom is 0.0397 e. The first-order valence-electron chi connectivity index (χ1n) is 6.24. The molecule has 94 valence electrons. The number of hydrogen-bond donors (Lipinski definition) is 1. The van der Waals surface area contributed by atoms with Crippen molar-refractivity contribution in [2.45, 2.75) is 19.3 Å². The minimum Gasteiger partial charge on any atom is -0.371 e. The van der Waals surface area contributed by atoms with E-state index >= 15 is 0 Å². The minimum atomic E-state index is 0. The number of anilines is 1. The quantitative estimate of drug-likeness (QED) is 0.831. The highest BCUT2D eigenvalue weighted by Gasteiger charge is 2.38. The van der Waals surface area contributed by atoms with E-state index in [1.54, 1.807) is 0 Å². The smallest absolute Gasteiger partial charge is 0.0397 e. The second-order valence-electron chi connectivity index (χ2n) is 5.13. The standard InChI is InChI=1S/C13H19N3.ClH/c1-6-14-7-2-12(1)16-10-5-13(11-16)3-8-15-9-4-13;/h1-2,6-7,15H,3-5,8-11H2;1H. The molecular formula is C13H20ClN3. The van der Waals surface area contributed by atoms with Crippen LogP contribution in [-0.2, 0) is 0 Å². The molecule has 0 amide bonds. The van der Waals surface area contributed by atoms with Crippen molar-refractivity contribution in [1.82, 2.24) is 10.3 Å². The van der Waals surface area contributed by atoms with Crippen LogP contribution in [0.3, 0.4) is 0 Å². The molecule has 4 heteroatoms. The van der Waals surface area contributed by atoms with E-state index in [1.165, 1.54) is 51.1 Å². The van der Waals surface area contributed by atoms with Crippen LogP contribution in [0.25, 0.3) is 0 Å². The molecule has 0 atom stereocenters. The molecule has 1 N–H and O–H groups in total. The minimum absolute atomic E-state index is 0. The summed E-state index contributed by atoms with van der Waals surface area (Å²) in [5.41, 5.74) is 1.93. The lowest BCUT2D eigenvalue weighted by Crippen LogP contribution is -2.38. The van der Waals surface area contributed by atoms with Crippen molar-refractivity contribution in [3.05, 3.63) is 24.5 Å². The van der Waals surface area contributed by atoms with Crippen LogP contribution in [-0.4, -0.2) is 31.2 Å². The average molecular weight is 254 g/mol. The van der Waals surface area contributed by atoms with Crippen molar-refractivity contribution >= 4 is 18.1 Å². The molecular weight excluding hydrogens is 234 g/mol. The van der Waals surface area contributed by atoms with Gasteiger partial charge in [0.25, 0.3) is 0 Å². The van der Waals surface area contributed by atoms with Gasteiger partial charge in [-0.2, -0.15) is 0 Å². The Bertz CT molecular complexity index is 349. The van der Waals surface area contributed by atoms with E-state index < -0.39 is 0 Å². The van der Waals surface area contributed by atoms with E-state index in [4.69, 9.17) is 0 Å². The molecule has 2 aliphatic heterocycles. The van der Waals surface area contributed by atoms with Gasteiger partial charge in [0, 0.05) is 31.2 Å². The highest BCUT2D eigenvalue weighted by Crippen LogP contribution is 2.40. The number of pyridine rings is 1. The van der Waals surface area contributed by atoms with Gasteiger partial charge in [0.2, 0.25) is 0 Å². The molecule has 1 spiro atoms. The molecule has 0 aromatic carbocycles. The van der Waals surface area contributed by atoms with Crippen LogP contribution >= 0.6 is 12.4 Å². The molecule has 3 heterocycles. The second-order valence-corrected chi connectivity index (χ2v) is 5.13. The summed E-state index contributed by atoms with van der Waals surface area (Å²) in [6, 6.07) is 4.25. The van der Waals surface area contributed by atoms with Crippen LogP contribution in [0, 0.1) is 5.41 Å². The SMILES string of the molecule is Cl.c1cc(N2CCC3(CCNCC3)C2)ccn1. The van der Waals surface area contributed by atoms with E-state index in [9.17, 15) is 0 Å². The zero-order valence-corrected chi connectivity index (χ0v) is 10.9. The van der Waals surface area contributed by atoms with Crippen LogP contribution < -0.4 is 10.2 Å². The molecule has 2 saturated heterocycles. The summed E-state index contributed by atoms with van der Waals surface area (Å²) in [6.45, 7) is 4.84. The van der Waals surface area contributed by atoms with E-state index in [0.717, 1.165) is 0 Å². The van der Waals surface area contributed by atoms with Gasteiger partial charge >= 0.3 is 0 Å². The molecule has 0 radical (unpaired) electrons. The maximum atomic E-state index is 4.08. The van der Waals surface area contributed by atoms with Crippen molar-refractivity contribution in [2.75, 3.05) is 31.1 Å². The van der Waals surface area contributed by atoms with Crippen LogP contribution in [0.4, 0.5) is 5.69 Å². The van der Waals surface area contributed by atoms with Crippen molar-refractivity contribution in [2.24, 2.45) is 5.41 Å². The largest absolute Gasteiger partial charge is 0.371 e. The fourth-order valence-corrected chi connectivity index (χ4v) is 3.08. The van der Waals surface area contributed by atoms with Crippen LogP contribution in [0.5, 0.6) is 0 Å². The third-order valence-electron chi connectivity index (χ3n) is 4.13. The summed E-state index contributed by atoms with van der Waals surface area (Å²) >= 11 is 0. The predicted molar refractivity (Wildman–Crippen MR) is 72.9 cm³/mol. The number of nitrogens with zero attached hydrogens (tertiary/aromatic N) is 2. The molecule has 2 aliphatic rings. The fourth-order valence-electron chi connectivity index (χ4n) is 3.08. The van der Waals surface area contributed by atoms with Crippen molar-refractivity contribution < 1.29 is 0 Å². The van der Waals surface area contributed by atoms with Gasteiger partial charge in [-0.15, -0.1) is 12.4 Å². The topological polar surface area (TPSA) is 28.2 Å². The van der Waals surface area contributed by atoms with Crippen LogP contribution in [0.2, 0.25) is 0 Å². The maximum absolute atomic E-state index is 4.08. The number of aromatic nitrogens is 1. The highest BCUT2D eigenvalue weighted by atomic mass is 35.5. The van der Waals surface area contributed by atoms with Crippen LogP contribution in [0.15, 0.2) is 24.5 Å². The number of rotatable bonds is 1. The third kappa shape index (κ3) is 2.55. The summed E-state index contributed by atoms with van der Waals surface area (Å²) in [7, 11) is 0. The number of nitrogens with one attached hydrogen (secondary N) is 1. The lowest BCUT2D eigenvalue weighted by molar-refractivity contribution is 0.232. The first-order chi connectivity index (χ1) is 7.88. The van der Waals surface area contributed by atoms with Gasteiger partial charge in [0.15, 0.2) is 0 Å². The molecule has 3 rings (SSSR count). The molecule has 0 unspecified atom stereocenters. The van der Waals surface area contributed by atoms with E-state index in [1.807, 2.05) is 12.4 Å². The Hall–Kier alpha value is -0.800. The first-order valence-corrected chi connectivity index (χ1v) is 6.24. The summed E-state index contributed by atoms with van der Waals surface area (Å²) in [6.07, 6.45) is 7.83. The Morgan fingerprint density at radius 2 is 1.82 bits per heavy atom. The molecule has 0 bridgehead atoms. The monoisotopic (exact) mass is 253 g/mol. The van der Waals surface area contributed by atoms with Crippen LogP contribution in [0.1, 0.15) is 19.3 Å². The van der Waals surface area contributed by atoms with E-state index in [-0.39, 0.29) is 12.4 Å². The van der Waals surface area contributed by atoms with E-state index in [0.29, 0.717) is 5.41 Å². The van der Waals surface area contributed by atoms with Gasteiger partial charge in [0.1, 0.15) is 0 Å². The number of hydrogen-bond acceptors (Lipinski definition) is 3. The summed E-state index contributed by atoms with van der Waals surface area (Å²) < 4.78 is 0. The average Bonchev–Trinajstić information content (AvgIpc) is 2.75. The number of halogens is 1. The molecule has 0 saturated carbocycles. The summed E-state index contributed by atoms with van der Waals surface area (Å²) in [5, 5.41) is 3.46. The zero-order chi connectivity index (χ0) is 10.8. The summed E-state index contributed by atoms with van der Waals surface area (Å²) in [5.74, 6) is 0. The van der Waals surface area contributed by atoms with Gasteiger partial charge < -0.3 is 10.2 Å². The van der Waals surface area contributed by atoms with Gasteiger partial charge in [-0.05, 0) is 49.9 Å². The molecule has 3 nitrogen and oxygen atoms in total. The molecule has 2 fully saturated rings. The van der Waals surface area contributed by atoms with Gasteiger partial charge in [-0.1, -0.05) is 0 Å². The Balaban J connectivity index is 0.00000108. The van der Waals surface area contributed by atoms with Gasteiger partial charge in [-0.25, -0.2) is 0 Å². The zero-order valence-electron chi connectivity index (χ0n) is 10.1. The van der Waals surface area contributed by atoms with E-state index in [2.05, 4.69) is 27.3 Å². The normalized spacial score (nSPS) is 22.5. The Morgan fingerprint density at radius 3 is 2.53 bits per heavy atom. The third-order valence-corrected chi connectivity index (χ3v) is 4.13. The first kappa shape index (κ1) is 12.7. The number of piperidine rings is 1. The van der Waals surface area contributed by atoms with Crippen molar-refractivity contribution in [1.29, 1.82) is 0 Å². The second kappa shape index (κ2) is 5.23. The lowest BCUT2D eigenvalue weighted by atomic mass is 9.78. The molecule has 17 heavy (non-hydrogen) atoms. The summed E-state index contributed by atoms with van der Waals surface area (Å²) in [4.78, 5) is 6.60. The molecule has 1 aromatic heterocycles. The Labute approximate surface area is 109 Å². The molecule has 1 aromatic rings. The fraction of sp³-hybridized carbons (Fsp3) is 0.615. The predicted octanol–water partition coefficient (Wildman–Crippen LogP) is 2.08. The van der Waals surface area contributed by atoms with Gasteiger partial charge in [0.05, 0.1) is 0 Å². The lowest BCUT2D eigenvalue weighted by Gasteiger charge is -2.34. The van der Waals surface area contributed by atoms with Gasteiger partial charge in [-0.3, -0.25) is 4.98 Å². The van der Waals surface area contributed by atoms with Crippen molar-refractivity contribution in [3.63, 3.8) is 0 Å². The Kier molecular flexibility index (Phi) is 3.89. The molecule has 0 aliphatic carbocycles. The highest BCUT2D eigenvalue weighted by molar-refractivity contribution is 5.85. The Morgan fingerprint density at radius 1 is 1.12 bits per heavy atom.